The number of allylic oxidation sites excluding steroid dienone is 6. The summed E-state index contributed by atoms with van der Waals surface area (Å²) in [5.74, 6) is -0.470. The number of esters is 1. The van der Waals surface area contributed by atoms with Crippen LogP contribution in [-0.2, 0) is 14.3 Å². The first-order valence-corrected chi connectivity index (χ1v) is 16.5. The molecule has 0 aliphatic carbocycles. The lowest BCUT2D eigenvalue weighted by molar-refractivity contribution is -0.139. The van der Waals surface area contributed by atoms with E-state index in [1.165, 1.54) is 83.5 Å². The third-order valence-corrected chi connectivity index (χ3v) is 6.95. The summed E-state index contributed by atoms with van der Waals surface area (Å²) in [6, 6.07) is 0. The van der Waals surface area contributed by atoms with E-state index in [0.717, 1.165) is 64.2 Å². The first-order chi connectivity index (χ1) is 19.2. The van der Waals surface area contributed by atoms with Crippen molar-refractivity contribution in [2.75, 3.05) is 6.61 Å². The minimum absolute atomic E-state index is 0.285. The average molecular weight is 547 g/mol. The molecular formula is C35H62O4. The fourth-order valence-electron chi connectivity index (χ4n) is 4.51. The summed E-state index contributed by atoms with van der Waals surface area (Å²) in [6.45, 7) is 4.76. The molecule has 0 fully saturated rings. The van der Waals surface area contributed by atoms with Crippen molar-refractivity contribution in [3.63, 3.8) is 0 Å². The lowest BCUT2D eigenvalue weighted by atomic mass is 10.0. The standard InChI is InChI=1S/C35H62O4/c1-3-5-7-9-11-13-15-17-19-20-22-24-26-28-30-32-34(36)39-35(37)38-33-31-29-27-25-23-21-18-16-14-12-10-8-6-4-2/h5,7,11,13,17,19H,3-4,6,8-10,12,14-16,18,20-33H2,1-2H3/b7-5-,13-11-,19-17-. The number of hydrogen-bond acceptors (Lipinski definition) is 4. The summed E-state index contributed by atoms with van der Waals surface area (Å²) in [7, 11) is 0. The molecule has 0 spiro atoms. The van der Waals surface area contributed by atoms with E-state index in [1.54, 1.807) is 0 Å². The van der Waals surface area contributed by atoms with Gasteiger partial charge in [-0.15, -0.1) is 0 Å². The van der Waals surface area contributed by atoms with E-state index in [-0.39, 0.29) is 6.42 Å². The largest absolute Gasteiger partial charge is 0.516 e. The Kier molecular flexibility index (Phi) is 30.8. The molecule has 0 aliphatic heterocycles. The first kappa shape index (κ1) is 37.2. The lowest BCUT2D eigenvalue weighted by Crippen LogP contribution is -2.14. The van der Waals surface area contributed by atoms with Crippen LogP contribution >= 0.6 is 0 Å². The van der Waals surface area contributed by atoms with Gasteiger partial charge in [0, 0.05) is 6.42 Å². The molecule has 0 aromatic heterocycles. The summed E-state index contributed by atoms with van der Waals surface area (Å²) in [4.78, 5) is 23.5. The Labute approximate surface area is 242 Å². The molecule has 4 nitrogen and oxygen atoms in total. The van der Waals surface area contributed by atoms with E-state index in [9.17, 15) is 9.59 Å². The number of rotatable bonds is 28. The van der Waals surface area contributed by atoms with E-state index in [0.29, 0.717) is 6.61 Å². The molecule has 0 saturated carbocycles. The Morgan fingerprint density at radius 3 is 1.54 bits per heavy atom. The van der Waals surface area contributed by atoms with Gasteiger partial charge in [-0.2, -0.15) is 0 Å². The highest BCUT2D eigenvalue weighted by atomic mass is 16.7. The fourth-order valence-corrected chi connectivity index (χ4v) is 4.51. The topological polar surface area (TPSA) is 52.6 Å². The van der Waals surface area contributed by atoms with Crippen LogP contribution in [0, 0.1) is 0 Å². The maximum Gasteiger partial charge on any atom is 0.516 e. The van der Waals surface area contributed by atoms with Crippen LogP contribution in [0.5, 0.6) is 0 Å². The Morgan fingerprint density at radius 1 is 0.513 bits per heavy atom. The molecule has 0 rings (SSSR count). The molecule has 0 unspecified atom stereocenters. The molecule has 39 heavy (non-hydrogen) atoms. The van der Waals surface area contributed by atoms with E-state index in [4.69, 9.17) is 9.47 Å². The Morgan fingerprint density at radius 2 is 0.974 bits per heavy atom. The molecule has 0 N–H and O–H groups in total. The van der Waals surface area contributed by atoms with Gasteiger partial charge < -0.3 is 9.47 Å². The summed E-state index contributed by atoms with van der Waals surface area (Å²) in [5, 5.41) is 0. The molecule has 0 saturated heterocycles. The first-order valence-electron chi connectivity index (χ1n) is 16.5. The molecule has 0 heterocycles. The number of unbranched alkanes of at least 4 members (excludes halogenated alkanes) is 18. The van der Waals surface area contributed by atoms with Crippen molar-refractivity contribution in [2.45, 2.75) is 168 Å². The summed E-state index contributed by atoms with van der Waals surface area (Å²) >= 11 is 0. The molecular weight excluding hydrogens is 484 g/mol. The van der Waals surface area contributed by atoms with Crippen molar-refractivity contribution < 1.29 is 19.1 Å². The van der Waals surface area contributed by atoms with E-state index in [2.05, 4.69) is 50.3 Å². The van der Waals surface area contributed by atoms with Crippen LogP contribution in [0.1, 0.15) is 168 Å². The summed E-state index contributed by atoms with van der Waals surface area (Å²) in [6.07, 6.45) is 40.2. The normalized spacial score (nSPS) is 11.7. The second-order valence-corrected chi connectivity index (χ2v) is 10.8. The van der Waals surface area contributed by atoms with Gasteiger partial charge in [-0.3, -0.25) is 4.79 Å². The second kappa shape index (κ2) is 32.4. The molecule has 0 radical (unpaired) electrons. The van der Waals surface area contributed by atoms with Gasteiger partial charge >= 0.3 is 12.1 Å². The van der Waals surface area contributed by atoms with Gasteiger partial charge in [0.2, 0.25) is 0 Å². The van der Waals surface area contributed by atoms with Gasteiger partial charge in [0.05, 0.1) is 6.61 Å². The summed E-state index contributed by atoms with van der Waals surface area (Å²) < 4.78 is 9.82. The molecule has 0 aliphatic rings. The zero-order chi connectivity index (χ0) is 28.5. The average Bonchev–Trinajstić information content (AvgIpc) is 2.93. The van der Waals surface area contributed by atoms with E-state index >= 15 is 0 Å². The number of carbonyl (C=O) groups excluding carboxylic acids is 2. The molecule has 0 atom stereocenters. The highest BCUT2D eigenvalue weighted by Gasteiger charge is 2.11. The van der Waals surface area contributed by atoms with Gasteiger partial charge in [0.1, 0.15) is 0 Å². The Bertz CT molecular complexity index is 620. The van der Waals surface area contributed by atoms with Crippen molar-refractivity contribution in [1.29, 1.82) is 0 Å². The van der Waals surface area contributed by atoms with Gasteiger partial charge in [0.25, 0.3) is 0 Å². The zero-order valence-corrected chi connectivity index (χ0v) is 25.8. The van der Waals surface area contributed by atoms with Crippen LogP contribution in [0.15, 0.2) is 36.5 Å². The Balaban J connectivity index is 3.37. The van der Waals surface area contributed by atoms with Crippen molar-refractivity contribution in [3.05, 3.63) is 36.5 Å². The van der Waals surface area contributed by atoms with Crippen molar-refractivity contribution >= 4 is 12.1 Å². The van der Waals surface area contributed by atoms with Gasteiger partial charge in [-0.25, -0.2) is 4.79 Å². The monoisotopic (exact) mass is 546 g/mol. The van der Waals surface area contributed by atoms with E-state index < -0.39 is 12.1 Å². The van der Waals surface area contributed by atoms with Crippen LogP contribution in [0.3, 0.4) is 0 Å². The Hall–Kier alpha value is -1.84. The van der Waals surface area contributed by atoms with Crippen LogP contribution in [0.25, 0.3) is 0 Å². The van der Waals surface area contributed by atoms with Crippen LogP contribution in [0.4, 0.5) is 4.79 Å². The van der Waals surface area contributed by atoms with Crippen molar-refractivity contribution in [3.8, 4) is 0 Å². The number of ether oxygens (including phenoxy) is 2. The van der Waals surface area contributed by atoms with Crippen LogP contribution in [0.2, 0.25) is 0 Å². The molecule has 4 heteroatoms. The molecule has 0 amide bonds. The predicted molar refractivity (Wildman–Crippen MR) is 167 cm³/mol. The SMILES string of the molecule is CC/C=C\C/C=C\C/C=C\CCCCCCCC(=O)OC(=O)OCCCCCCCCCCCCCCCC. The smallest absolute Gasteiger partial charge is 0.434 e. The van der Waals surface area contributed by atoms with Crippen molar-refractivity contribution in [1.82, 2.24) is 0 Å². The molecule has 0 aromatic rings. The van der Waals surface area contributed by atoms with Crippen LogP contribution < -0.4 is 0 Å². The van der Waals surface area contributed by atoms with E-state index in [1.807, 2.05) is 0 Å². The predicted octanol–water partition coefficient (Wildman–Crippen LogP) is 11.7. The summed E-state index contributed by atoms with van der Waals surface area (Å²) in [5.41, 5.74) is 0. The van der Waals surface area contributed by atoms with Crippen molar-refractivity contribution in [2.24, 2.45) is 0 Å². The van der Waals surface area contributed by atoms with Gasteiger partial charge in [-0.05, 0) is 44.9 Å². The molecule has 0 bridgehead atoms. The lowest BCUT2D eigenvalue weighted by Gasteiger charge is -2.05. The van der Waals surface area contributed by atoms with Gasteiger partial charge in [0.15, 0.2) is 0 Å². The minimum atomic E-state index is -0.839. The third kappa shape index (κ3) is 32.3. The highest BCUT2D eigenvalue weighted by molar-refractivity contribution is 5.81. The van der Waals surface area contributed by atoms with Crippen LogP contribution in [-0.4, -0.2) is 18.7 Å². The number of carbonyl (C=O) groups is 2. The quantitative estimate of drug-likeness (QED) is 0.0424. The second-order valence-electron chi connectivity index (χ2n) is 10.8. The molecule has 226 valence electrons. The third-order valence-electron chi connectivity index (χ3n) is 6.95. The zero-order valence-electron chi connectivity index (χ0n) is 25.8. The highest BCUT2D eigenvalue weighted by Crippen LogP contribution is 2.13. The minimum Gasteiger partial charge on any atom is -0.434 e. The maximum absolute atomic E-state index is 11.8. The number of hydrogen-bond donors (Lipinski definition) is 0. The maximum atomic E-state index is 11.8. The van der Waals surface area contributed by atoms with Gasteiger partial charge in [-0.1, -0.05) is 153 Å². The molecule has 0 aromatic carbocycles. The fraction of sp³-hybridized carbons (Fsp3) is 0.771.